The van der Waals surface area contributed by atoms with Crippen molar-refractivity contribution in [2.45, 2.75) is 26.2 Å². The molecular weight excluding hydrogens is 280 g/mol. The Bertz CT molecular complexity index is 694. The molecule has 114 valence electrons. The van der Waals surface area contributed by atoms with Gasteiger partial charge in [0, 0.05) is 12.3 Å². The highest BCUT2D eigenvalue weighted by atomic mass is 16.6. The molecule has 0 amide bonds. The first-order chi connectivity index (χ1) is 10.5. The van der Waals surface area contributed by atoms with Crippen molar-refractivity contribution in [3.8, 4) is 5.75 Å². The SMILES string of the molecule is CC[C@@H](C)c1ccc(N=Cc2ccc(O)c([N+](=O)[O-])c2)cc1. The predicted molar refractivity (Wildman–Crippen MR) is 87.2 cm³/mol. The number of hydrogen-bond donors (Lipinski definition) is 1. The maximum Gasteiger partial charge on any atom is 0.311 e. The fourth-order valence-corrected chi connectivity index (χ4v) is 2.04. The summed E-state index contributed by atoms with van der Waals surface area (Å²) in [6.07, 6.45) is 2.63. The van der Waals surface area contributed by atoms with E-state index in [9.17, 15) is 15.2 Å². The van der Waals surface area contributed by atoms with Crippen molar-refractivity contribution >= 4 is 17.6 Å². The van der Waals surface area contributed by atoms with Gasteiger partial charge in [0.2, 0.25) is 0 Å². The second-order valence-electron chi connectivity index (χ2n) is 5.16. The quantitative estimate of drug-likeness (QED) is 0.499. The van der Waals surface area contributed by atoms with Gasteiger partial charge in [-0.3, -0.25) is 15.1 Å². The molecule has 0 aliphatic heterocycles. The van der Waals surface area contributed by atoms with E-state index in [4.69, 9.17) is 0 Å². The molecule has 2 aromatic rings. The molecule has 0 saturated carbocycles. The van der Waals surface area contributed by atoms with E-state index in [2.05, 4.69) is 18.8 Å². The summed E-state index contributed by atoms with van der Waals surface area (Å²) in [6.45, 7) is 4.32. The Morgan fingerprint density at radius 3 is 2.55 bits per heavy atom. The van der Waals surface area contributed by atoms with Crippen LogP contribution in [-0.2, 0) is 0 Å². The van der Waals surface area contributed by atoms with Crippen molar-refractivity contribution in [2.75, 3.05) is 0 Å². The lowest BCUT2D eigenvalue weighted by Gasteiger charge is -2.08. The lowest BCUT2D eigenvalue weighted by Crippen LogP contribution is -1.91. The van der Waals surface area contributed by atoms with Gasteiger partial charge in [-0.2, -0.15) is 0 Å². The summed E-state index contributed by atoms with van der Waals surface area (Å²) in [5, 5.41) is 20.2. The smallest absolute Gasteiger partial charge is 0.311 e. The van der Waals surface area contributed by atoms with Crippen molar-refractivity contribution in [3.63, 3.8) is 0 Å². The Kier molecular flexibility index (Phi) is 4.88. The van der Waals surface area contributed by atoms with Gasteiger partial charge in [-0.1, -0.05) is 26.0 Å². The number of benzene rings is 2. The fourth-order valence-electron chi connectivity index (χ4n) is 2.04. The van der Waals surface area contributed by atoms with Gasteiger partial charge in [0.05, 0.1) is 10.6 Å². The lowest BCUT2D eigenvalue weighted by atomic mass is 9.99. The molecule has 5 heteroatoms. The molecule has 0 saturated heterocycles. The third-order valence-electron chi connectivity index (χ3n) is 3.63. The first-order valence-electron chi connectivity index (χ1n) is 7.12. The van der Waals surface area contributed by atoms with E-state index < -0.39 is 4.92 Å². The highest BCUT2D eigenvalue weighted by molar-refractivity contribution is 5.83. The Morgan fingerprint density at radius 1 is 1.27 bits per heavy atom. The van der Waals surface area contributed by atoms with Crippen molar-refractivity contribution in [2.24, 2.45) is 4.99 Å². The largest absolute Gasteiger partial charge is 0.502 e. The van der Waals surface area contributed by atoms with E-state index >= 15 is 0 Å². The summed E-state index contributed by atoms with van der Waals surface area (Å²) >= 11 is 0. The molecule has 0 aliphatic carbocycles. The van der Waals surface area contributed by atoms with Crippen LogP contribution < -0.4 is 0 Å². The average Bonchev–Trinajstić information content (AvgIpc) is 2.53. The molecule has 2 rings (SSSR count). The maximum absolute atomic E-state index is 10.8. The van der Waals surface area contributed by atoms with Crippen LogP contribution in [0.25, 0.3) is 0 Å². The van der Waals surface area contributed by atoms with Crippen LogP contribution in [0.1, 0.15) is 37.3 Å². The minimum Gasteiger partial charge on any atom is -0.502 e. The first kappa shape index (κ1) is 15.7. The highest BCUT2D eigenvalue weighted by Gasteiger charge is 2.12. The van der Waals surface area contributed by atoms with Crippen molar-refractivity contribution in [3.05, 3.63) is 63.7 Å². The molecule has 0 aliphatic rings. The molecule has 0 unspecified atom stereocenters. The third-order valence-corrected chi connectivity index (χ3v) is 3.63. The van der Waals surface area contributed by atoms with Gasteiger partial charge in [0.25, 0.3) is 0 Å². The van der Waals surface area contributed by atoms with Crippen LogP contribution in [-0.4, -0.2) is 16.2 Å². The van der Waals surface area contributed by atoms with E-state index in [-0.39, 0.29) is 11.4 Å². The molecule has 0 radical (unpaired) electrons. The Balaban J connectivity index is 2.18. The van der Waals surface area contributed by atoms with E-state index in [1.165, 1.54) is 17.7 Å². The van der Waals surface area contributed by atoms with Gasteiger partial charge in [-0.15, -0.1) is 0 Å². The summed E-state index contributed by atoms with van der Waals surface area (Å²) in [4.78, 5) is 14.5. The number of hydrogen-bond acceptors (Lipinski definition) is 4. The zero-order valence-corrected chi connectivity index (χ0v) is 12.6. The minimum atomic E-state index is -0.617. The van der Waals surface area contributed by atoms with Crippen molar-refractivity contribution in [1.82, 2.24) is 0 Å². The van der Waals surface area contributed by atoms with Crippen molar-refractivity contribution in [1.29, 1.82) is 0 Å². The highest BCUT2D eigenvalue weighted by Crippen LogP contribution is 2.26. The van der Waals surface area contributed by atoms with E-state index in [0.717, 1.165) is 12.1 Å². The summed E-state index contributed by atoms with van der Waals surface area (Å²) in [7, 11) is 0. The number of rotatable bonds is 5. The van der Waals surface area contributed by atoms with Crippen LogP contribution in [0.2, 0.25) is 0 Å². The normalized spacial score (nSPS) is 12.5. The Hall–Kier alpha value is -2.69. The lowest BCUT2D eigenvalue weighted by molar-refractivity contribution is -0.385. The summed E-state index contributed by atoms with van der Waals surface area (Å²) in [5.74, 6) is 0.165. The second-order valence-corrected chi connectivity index (χ2v) is 5.16. The number of nitrogens with zero attached hydrogens (tertiary/aromatic N) is 2. The standard InChI is InChI=1S/C17H18N2O3/c1-3-12(2)14-5-7-15(8-6-14)18-11-13-4-9-17(20)16(10-13)19(21)22/h4-12,20H,3H2,1-2H3/t12-/m1/s1. The van der Waals surface area contributed by atoms with Crippen molar-refractivity contribution < 1.29 is 10.0 Å². The van der Waals surface area contributed by atoms with Crippen LogP contribution in [0.5, 0.6) is 5.75 Å². The van der Waals surface area contributed by atoms with Gasteiger partial charge < -0.3 is 5.11 Å². The minimum absolute atomic E-state index is 0.323. The predicted octanol–water partition coefficient (Wildman–Crippen LogP) is 4.56. The molecule has 0 heterocycles. The van der Waals surface area contributed by atoms with Gasteiger partial charge in [0.1, 0.15) is 0 Å². The maximum atomic E-state index is 10.8. The zero-order valence-electron chi connectivity index (χ0n) is 12.6. The second kappa shape index (κ2) is 6.85. The van der Waals surface area contributed by atoms with Crippen LogP contribution >= 0.6 is 0 Å². The third kappa shape index (κ3) is 3.69. The zero-order chi connectivity index (χ0) is 16.1. The van der Waals surface area contributed by atoms with Crippen LogP contribution in [0.4, 0.5) is 11.4 Å². The number of phenols is 1. The summed E-state index contributed by atoms with van der Waals surface area (Å²) in [5.41, 5.74) is 2.29. The molecule has 1 atom stereocenters. The molecule has 0 spiro atoms. The van der Waals surface area contributed by atoms with E-state index in [1.807, 2.05) is 24.3 Å². The first-order valence-corrected chi connectivity index (χ1v) is 7.12. The molecule has 0 aromatic heterocycles. The summed E-state index contributed by atoms with van der Waals surface area (Å²) in [6, 6.07) is 12.1. The molecule has 0 bridgehead atoms. The van der Waals surface area contributed by atoms with Gasteiger partial charge in [-0.25, -0.2) is 0 Å². The molecule has 2 aromatic carbocycles. The molecule has 5 nitrogen and oxygen atoms in total. The van der Waals surface area contributed by atoms with Gasteiger partial charge >= 0.3 is 5.69 Å². The number of phenolic OH excluding ortho intramolecular Hbond substituents is 1. The Labute approximate surface area is 129 Å². The van der Waals surface area contributed by atoms with Gasteiger partial charge in [0.15, 0.2) is 5.75 Å². The average molecular weight is 298 g/mol. The molecule has 22 heavy (non-hydrogen) atoms. The molecule has 0 fully saturated rings. The fraction of sp³-hybridized carbons (Fsp3) is 0.235. The number of nitro benzene ring substituents is 1. The summed E-state index contributed by atoms with van der Waals surface area (Å²) < 4.78 is 0. The van der Waals surface area contributed by atoms with Crippen LogP contribution in [0.3, 0.4) is 0 Å². The van der Waals surface area contributed by atoms with Crippen LogP contribution in [0.15, 0.2) is 47.5 Å². The topological polar surface area (TPSA) is 75.7 Å². The molecule has 1 N–H and O–H groups in total. The number of nitro groups is 1. The monoisotopic (exact) mass is 298 g/mol. The number of aliphatic imine (C=N–C) groups is 1. The number of aromatic hydroxyl groups is 1. The van der Waals surface area contributed by atoms with E-state index in [1.54, 1.807) is 12.3 Å². The molecular formula is C17H18N2O3. The Morgan fingerprint density at radius 2 is 1.95 bits per heavy atom. The van der Waals surface area contributed by atoms with Crippen LogP contribution in [0, 0.1) is 10.1 Å². The van der Waals surface area contributed by atoms with Gasteiger partial charge in [-0.05, 0) is 47.7 Å². The van der Waals surface area contributed by atoms with E-state index in [0.29, 0.717) is 11.5 Å².